The van der Waals surface area contributed by atoms with Crippen LogP contribution in [0, 0.1) is 10.1 Å². The van der Waals surface area contributed by atoms with E-state index in [9.17, 15) is 10.1 Å². The Labute approximate surface area is 183 Å². The van der Waals surface area contributed by atoms with Gasteiger partial charge in [-0.2, -0.15) is 5.10 Å². The van der Waals surface area contributed by atoms with Gasteiger partial charge in [-0.05, 0) is 51.9 Å². The molecule has 0 radical (unpaired) electrons. The number of benzene rings is 2. The summed E-state index contributed by atoms with van der Waals surface area (Å²) in [6, 6.07) is 11.3. The molecular weight excluding hydrogens is 489 g/mol. The van der Waals surface area contributed by atoms with E-state index in [2.05, 4.69) is 31.7 Å². The molecule has 1 heterocycles. The van der Waals surface area contributed by atoms with Crippen LogP contribution < -0.4 is 10.6 Å². The zero-order valence-electron chi connectivity index (χ0n) is 14.0. The maximum Gasteiger partial charge on any atom is 0.271 e. The molecule has 0 saturated carbocycles. The zero-order chi connectivity index (χ0) is 20.3. The highest BCUT2D eigenvalue weighted by Crippen LogP contribution is 2.25. The molecule has 0 amide bonds. The van der Waals surface area contributed by atoms with Crippen molar-refractivity contribution in [3.8, 4) is 0 Å². The van der Waals surface area contributed by atoms with E-state index in [4.69, 9.17) is 35.4 Å². The van der Waals surface area contributed by atoms with Crippen molar-refractivity contribution < 1.29 is 4.92 Å². The number of hydrogen-bond donors (Lipinski definition) is 2. The molecule has 11 heteroatoms. The van der Waals surface area contributed by atoms with Crippen molar-refractivity contribution in [1.82, 2.24) is 9.78 Å². The van der Waals surface area contributed by atoms with Crippen molar-refractivity contribution in [2.24, 2.45) is 0 Å². The fourth-order valence-corrected chi connectivity index (χ4v) is 3.45. The van der Waals surface area contributed by atoms with Gasteiger partial charge >= 0.3 is 0 Å². The largest absolute Gasteiger partial charge is 0.332 e. The SMILES string of the molecule is O=[N+]([O-])c1cccc(NC(=S)Nc2nn(Cc3ccc(Cl)cc3Cl)cc2Br)c1. The highest BCUT2D eigenvalue weighted by atomic mass is 79.9. The predicted octanol–water partition coefficient (Wildman–Crippen LogP) is 5.72. The summed E-state index contributed by atoms with van der Waals surface area (Å²) in [6.07, 6.45) is 1.78. The van der Waals surface area contributed by atoms with Crippen LogP contribution in [0.4, 0.5) is 17.2 Å². The van der Waals surface area contributed by atoms with Gasteiger partial charge in [-0.1, -0.05) is 35.3 Å². The van der Waals surface area contributed by atoms with Crippen molar-refractivity contribution in [2.45, 2.75) is 6.54 Å². The van der Waals surface area contributed by atoms with E-state index < -0.39 is 4.92 Å². The van der Waals surface area contributed by atoms with Gasteiger partial charge in [0.05, 0.1) is 15.9 Å². The molecule has 144 valence electrons. The number of non-ortho nitro benzene ring substituents is 1. The molecule has 0 unspecified atom stereocenters. The van der Waals surface area contributed by atoms with Crippen LogP contribution in [0.2, 0.25) is 10.0 Å². The maximum atomic E-state index is 10.9. The van der Waals surface area contributed by atoms with Gasteiger partial charge in [0, 0.05) is 34.1 Å². The molecule has 3 aromatic rings. The van der Waals surface area contributed by atoms with Gasteiger partial charge in [0.2, 0.25) is 0 Å². The number of thiocarbonyl (C=S) groups is 1. The third-order valence-electron chi connectivity index (χ3n) is 3.61. The molecular formula is C17H12BrCl2N5O2S. The zero-order valence-corrected chi connectivity index (χ0v) is 17.9. The smallest absolute Gasteiger partial charge is 0.271 e. The lowest BCUT2D eigenvalue weighted by molar-refractivity contribution is -0.384. The molecule has 0 bridgehead atoms. The highest BCUT2D eigenvalue weighted by Gasteiger charge is 2.11. The van der Waals surface area contributed by atoms with Gasteiger partial charge in [0.15, 0.2) is 10.9 Å². The fraction of sp³-hybridized carbons (Fsp3) is 0.0588. The van der Waals surface area contributed by atoms with Gasteiger partial charge in [-0.25, -0.2) is 0 Å². The molecule has 0 aliphatic heterocycles. The molecule has 2 aromatic carbocycles. The predicted molar refractivity (Wildman–Crippen MR) is 118 cm³/mol. The lowest BCUT2D eigenvalue weighted by Crippen LogP contribution is -2.19. The second-order valence-corrected chi connectivity index (χ2v) is 7.75. The first-order valence-electron chi connectivity index (χ1n) is 7.81. The number of nitro groups is 1. The van der Waals surface area contributed by atoms with Gasteiger partial charge in [-0.15, -0.1) is 0 Å². The third kappa shape index (κ3) is 5.20. The average Bonchev–Trinajstić information content (AvgIpc) is 2.96. The normalized spacial score (nSPS) is 10.5. The minimum atomic E-state index is -0.470. The molecule has 2 N–H and O–H groups in total. The highest BCUT2D eigenvalue weighted by molar-refractivity contribution is 9.10. The van der Waals surface area contributed by atoms with Gasteiger partial charge in [0.25, 0.3) is 5.69 Å². The summed E-state index contributed by atoms with van der Waals surface area (Å²) in [7, 11) is 0. The minimum Gasteiger partial charge on any atom is -0.332 e. The van der Waals surface area contributed by atoms with Crippen LogP contribution >= 0.6 is 51.3 Å². The molecule has 0 atom stereocenters. The standard InChI is InChI=1S/C17H12BrCl2N5O2S/c18-14-9-24(8-10-4-5-11(19)6-15(10)20)23-16(14)22-17(28)21-12-2-1-3-13(7-12)25(26)27/h1-7,9H,8H2,(H2,21,22,23,28). The molecule has 7 nitrogen and oxygen atoms in total. The summed E-state index contributed by atoms with van der Waals surface area (Å²) >= 11 is 20.8. The Balaban J connectivity index is 1.68. The lowest BCUT2D eigenvalue weighted by atomic mass is 10.2. The molecule has 0 aliphatic carbocycles. The number of nitrogens with zero attached hydrogens (tertiary/aromatic N) is 3. The number of anilines is 2. The molecule has 3 rings (SSSR count). The Bertz CT molecular complexity index is 1060. The third-order valence-corrected chi connectivity index (χ3v) is 4.98. The summed E-state index contributed by atoms with van der Waals surface area (Å²) in [6.45, 7) is 0.446. The number of hydrogen-bond acceptors (Lipinski definition) is 4. The van der Waals surface area contributed by atoms with Crippen molar-refractivity contribution in [3.63, 3.8) is 0 Å². The second kappa shape index (κ2) is 8.87. The lowest BCUT2D eigenvalue weighted by Gasteiger charge is -2.09. The van der Waals surface area contributed by atoms with Crippen LogP contribution in [0.5, 0.6) is 0 Å². The van der Waals surface area contributed by atoms with Gasteiger partial charge in [-0.3, -0.25) is 14.8 Å². The minimum absolute atomic E-state index is 0.0295. The number of nitro benzene ring substituents is 1. The summed E-state index contributed by atoms with van der Waals surface area (Å²) < 4.78 is 2.39. The summed E-state index contributed by atoms with van der Waals surface area (Å²) in [4.78, 5) is 10.4. The van der Waals surface area contributed by atoms with Crippen molar-refractivity contribution in [3.05, 3.63) is 78.9 Å². The van der Waals surface area contributed by atoms with Gasteiger partial charge < -0.3 is 10.6 Å². The van der Waals surface area contributed by atoms with E-state index in [1.165, 1.54) is 12.1 Å². The Morgan fingerprint density at radius 2 is 2.04 bits per heavy atom. The Morgan fingerprint density at radius 1 is 1.25 bits per heavy atom. The molecule has 0 fully saturated rings. The van der Waals surface area contributed by atoms with Crippen LogP contribution in [-0.4, -0.2) is 19.8 Å². The van der Waals surface area contributed by atoms with E-state index in [-0.39, 0.29) is 10.8 Å². The van der Waals surface area contributed by atoms with Crippen LogP contribution in [0.1, 0.15) is 5.56 Å². The summed E-state index contributed by atoms with van der Waals surface area (Å²) in [5.41, 5.74) is 1.33. The molecule has 0 spiro atoms. The monoisotopic (exact) mass is 499 g/mol. The molecule has 0 aliphatic rings. The average molecular weight is 501 g/mol. The van der Waals surface area contributed by atoms with Crippen LogP contribution in [0.3, 0.4) is 0 Å². The molecule has 0 saturated heterocycles. The first-order valence-corrected chi connectivity index (χ1v) is 9.77. The Hall–Kier alpha value is -2.20. The van der Waals surface area contributed by atoms with Crippen LogP contribution in [0.25, 0.3) is 0 Å². The van der Waals surface area contributed by atoms with Gasteiger partial charge in [0.1, 0.15) is 0 Å². The number of rotatable bonds is 5. The van der Waals surface area contributed by atoms with E-state index >= 15 is 0 Å². The first-order chi connectivity index (χ1) is 13.3. The number of halogens is 3. The topological polar surface area (TPSA) is 85.0 Å². The Kier molecular flexibility index (Phi) is 6.50. The maximum absolute atomic E-state index is 10.9. The van der Waals surface area contributed by atoms with E-state index in [0.29, 0.717) is 32.6 Å². The summed E-state index contributed by atoms with van der Waals surface area (Å²) in [5, 5.41) is 22.5. The Morgan fingerprint density at radius 3 is 2.75 bits per heavy atom. The van der Waals surface area contributed by atoms with Crippen molar-refractivity contribution >= 4 is 73.7 Å². The van der Waals surface area contributed by atoms with E-state index in [1.807, 2.05) is 6.07 Å². The van der Waals surface area contributed by atoms with E-state index in [0.717, 1.165) is 5.56 Å². The summed E-state index contributed by atoms with van der Waals surface area (Å²) in [5.74, 6) is 0.494. The van der Waals surface area contributed by atoms with Crippen LogP contribution in [0.15, 0.2) is 53.1 Å². The van der Waals surface area contributed by atoms with Crippen LogP contribution in [-0.2, 0) is 6.54 Å². The second-order valence-electron chi connectivity index (χ2n) is 5.65. The van der Waals surface area contributed by atoms with E-state index in [1.54, 1.807) is 35.1 Å². The first kappa shape index (κ1) is 20.5. The fourth-order valence-electron chi connectivity index (χ4n) is 2.35. The molecule has 28 heavy (non-hydrogen) atoms. The number of aromatic nitrogens is 2. The number of nitrogens with one attached hydrogen (secondary N) is 2. The van der Waals surface area contributed by atoms with Crippen molar-refractivity contribution in [2.75, 3.05) is 10.6 Å². The molecule has 1 aromatic heterocycles. The van der Waals surface area contributed by atoms with Crippen molar-refractivity contribution in [1.29, 1.82) is 0 Å². The quantitative estimate of drug-likeness (QED) is 0.265.